The lowest BCUT2D eigenvalue weighted by atomic mass is 10.0. The standard InChI is InChI=1S/C53H101N2O6P/c1-6-8-10-12-14-16-18-20-22-24-26-27-29-30-32-34-36-38-40-42-44-46-52(56)51(50-61-62(58,59)60-49-48-55(3,4)5)54-53(57)47-45-43-41-39-37-35-33-31-28-25-23-21-19-17-15-13-11-9-7-2/h9,11,15,17,21,23,28,31,51-52,56H,6-8,10,12-14,16,18-20,22,24-27,29-30,32-50H2,1-5H3,(H-,54,57,58,59)/b11-9-,17-15-,23-21-,31-28-. The minimum absolute atomic E-state index is 0.00767. The second kappa shape index (κ2) is 44.7. The van der Waals surface area contributed by atoms with Crippen LogP contribution in [-0.4, -0.2) is 68.5 Å². The molecule has 0 radical (unpaired) electrons. The van der Waals surface area contributed by atoms with E-state index in [0.717, 1.165) is 77.0 Å². The van der Waals surface area contributed by atoms with Crippen molar-refractivity contribution in [2.24, 2.45) is 0 Å². The fourth-order valence-corrected chi connectivity index (χ4v) is 8.23. The molecule has 3 unspecified atom stereocenters. The first kappa shape index (κ1) is 60.5. The van der Waals surface area contributed by atoms with Gasteiger partial charge in [-0.1, -0.05) is 223 Å². The van der Waals surface area contributed by atoms with E-state index < -0.39 is 20.0 Å². The molecule has 0 aliphatic heterocycles. The van der Waals surface area contributed by atoms with E-state index in [2.05, 4.69) is 67.8 Å². The zero-order chi connectivity index (χ0) is 45.7. The summed E-state index contributed by atoms with van der Waals surface area (Å²) in [5.41, 5.74) is 0. The van der Waals surface area contributed by atoms with Crippen molar-refractivity contribution in [3.05, 3.63) is 48.6 Å². The van der Waals surface area contributed by atoms with Crippen LogP contribution in [-0.2, 0) is 18.4 Å². The zero-order valence-electron chi connectivity index (χ0n) is 41.3. The predicted octanol–water partition coefficient (Wildman–Crippen LogP) is 14.6. The number of likely N-dealkylation sites (N-methyl/N-ethyl adjacent to an activating group) is 1. The highest BCUT2D eigenvalue weighted by molar-refractivity contribution is 7.45. The zero-order valence-corrected chi connectivity index (χ0v) is 42.2. The van der Waals surface area contributed by atoms with Crippen molar-refractivity contribution in [3.8, 4) is 0 Å². The lowest BCUT2D eigenvalue weighted by Gasteiger charge is -2.30. The molecule has 0 aromatic heterocycles. The fourth-order valence-electron chi connectivity index (χ4n) is 7.50. The number of amides is 1. The molecular formula is C53H101N2O6P. The molecule has 364 valence electrons. The highest BCUT2D eigenvalue weighted by atomic mass is 31.2. The molecule has 2 N–H and O–H groups in total. The SMILES string of the molecule is CC/C=C\C/C=C\C/C=C\C/C=C\CCCCCCCCC(=O)NC(COP(=O)([O-])OCC[N+](C)(C)C)C(O)CCCCCCCCCCCCCCCCCCCCCCC. The number of phosphoric acid groups is 1. The van der Waals surface area contributed by atoms with Gasteiger partial charge in [0.1, 0.15) is 13.2 Å². The Morgan fingerprint density at radius 3 is 1.44 bits per heavy atom. The van der Waals surface area contributed by atoms with Crippen LogP contribution in [0, 0.1) is 0 Å². The molecule has 3 atom stereocenters. The van der Waals surface area contributed by atoms with Crippen LogP contribution in [0.1, 0.15) is 232 Å². The third-order valence-electron chi connectivity index (χ3n) is 11.6. The molecule has 1 amide bonds. The minimum Gasteiger partial charge on any atom is -0.756 e. The lowest BCUT2D eigenvalue weighted by Crippen LogP contribution is -2.46. The molecule has 0 spiro atoms. The molecule has 0 aromatic rings. The van der Waals surface area contributed by atoms with E-state index in [9.17, 15) is 19.4 Å². The summed E-state index contributed by atoms with van der Waals surface area (Å²) in [7, 11) is 1.29. The summed E-state index contributed by atoms with van der Waals surface area (Å²) in [6, 6.07) is -0.810. The monoisotopic (exact) mass is 893 g/mol. The average molecular weight is 893 g/mol. The molecule has 0 aliphatic carbocycles. The number of carbonyl (C=O) groups excluding carboxylic acids is 1. The Labute approximate surface area is 384 Å². The molecule has 0 heterocycles. The third-order valence-corrected chi connectivity index (χ3v) is 12.5. The van der Waals surface area contributed by atoms with E-state index in [1.807, 2.05) is 21.1 Å². The van der Waals surface area contributed by atoms with Gasteiger partial charge in [0.05, 0.1) is 39.9 Å². The second-order valence-corrected chi connectivity index (χ2v) is 20.3. The molecule has 62 heavy (non-hydrogen) atoms. The maximum absolute atomic E-state index is 12.9. The van der Waals surface area contributed by atoms with Crippen LogP contribution in [0.25, 0.3) is 0 Å². The van der Waals surface area contributed by atoms with E-state index in [-0.39, 0.29) is 19.1 Å². The number of nitrogens with zero attached hydrogens (tertiary/aromatic N) is 1. The van der Waals surface area contributed by atoms with Crippen molar-refractivity contribution >= 4 is 13.7 Å². The molecule has 0 rings (SSSR count). The molecule has 0 saturated heterocycles. The van der Waals surface area contributed by atoms with E-state index in [1.54, 1.807) is 0 Å². The van der Waals surface area contributed by atoms with Gasteiger partial charge < -0.3 is 28.8 Å². The van der Waals surface area contributed by atoms with Crippen LogP contribution >= 0.6 is 7.82 Å². The lowest BCUT2D eigenvalue weighted by molar-refractivity contribution is -0.870. The van der Waals surface area contributed by atoms with Gasteiger partial charge in [0, 0.05) is 6.42 Å². The van der Waals surface area contributed by atoms with Crippen LogP contribution in [0.5, 0.6) is 0 Å². The van der Waals surface area contributed by atoms with Gasteiger partial charge in [-0.15, -0.1) is 0 Å². The van der Waals surface area contributed by atoms with Gasteiger partial charge in [-0.25, -0.2) is 0 Å². The Morgan fingerprint density at radius 1 is 0.581 bits per heavy atom. The molecule has 0 saturated carbocycles. The Bertz CT molecular complexity index is 1150. The van der Waals surface area contributed by atoms with Crippen LogP contribution in [0.15, 0.2) is 48.6 Å². The normalized spacial score (nSPS) is 14.5. The van der Waals surface area contributed by atoms with Crippen molar-refractivity contribution in [2.75, 3.05) is 40.9 Å². The average Bonchev–Trinajstić information content (AvgIpc) is 3.23. The fraction of sp³-hybridized carbons (Fsp3) is 0.830. The van der Waals surface area contributed by atoms with Crippen molar-refractivity contribution in [2.45, 2.75) is 244 Å². The molecular weight excluding hydrogens is 792 g/mol. The summed E-state index contributed by atoms with van der Waals surface area (Å²) in [4.78, 5) is 25.5. The molecule has 0 aromatic carbocycles. The van der Waals surface area contributed by atoms with E-state index in [4.69, 9.17) is 9.05 Å². The maximum atomic E-state index is 12.9. The Balaban J connectivity index is 4.28. The van der Waals surface area contributed by atoms with E-state index >= 15 is 0 Å². The van der Waals surface area contributed by atoms with Crippen LogP contribution < -0.4 is 10.2 Å². The summed E-state index contributed by atoms with van der Waals surface area (Å²) in [6.07, 6.45) is 56.9. The number of hydrogen-bond donors (Lipinski definition) is 2. The number of aliphatic hydroxyl groups excluding tert-OH is 1. The van der Waals surface area contributed by atoms with Gasteiger partial charge in [0.15, 0.2) is 0 Å². The number of allylic oxidation sites excluding steroid dienone is 8. The number of carbonyl (C=O) groups is 1. The largest absolute Gasteiger partial charge is 0.756 e. The molecule has 8 nitrogen and oxygen atoms in total. The van der Waals surface area contributed by atoms with Crippen molar-refractivity contribution < 1.29 is 32.9 Å². The van der Waals surface area contributed by atoms with Gasteiger partial charge in [-0.2, -0.15) is 0 Å². The molecule has 0 bridgehead atoms. The number of rotatable bonds is 47. The first-order valence-electron chi connectivity index (χ1n) is 26.0. The van der Waals surface area contributed by atoms with Crippen LogP contribution in [0.3, 0.4) is 0 Å². The van der Waals surface area contributed by atoms with Gasteiger partial charge in [-0.05, 0) is 51.4 Å². The van der Waals surface area contributed by atoms with Crippen molar-refractivity contribution in [1.29, 1.82) is 0 Å². The molecule has 0 aliphatic rings. The second-order valence-electron chi connectivity index (χ2n) is 18.9. The van der Waals surface area contributed by atoms with E-state index in [0.29, 0.717) is 23.9 Å². The topological polar surface area (TPSA) is 108 Å². The smallest absolute Gasteiger partial charge is 0.268 e. The quantitative estimate of drug-likeness (QED) is 0.0273. The van der Waals surface area contributed by atoms with Gasteiger partial charge in [-0.3, -0.25) is 9.36 Å². The van der Waals surface area contributed by atoms with Gasteiger partial charge in [0.2, 0.25) is 5.91 Å². The first-order valence-corrected chi connectivity index (χ1v) is 27.4. The number of quaternary nitrogens is 1. The molecule has 0 fully saturated rings. The van der Waals surface area contributed by atoms with Crippen LogP contribution in [0.2, 0.25) is 0 Å². The molecule has 9 heteroatoms. The highest BCUT2D eigenvalue weighted by Crippen LogP contribution is 2.38. The summed E-state index contributed by atoms with van der Waals surface area (Å²) >= 11 is 0. The first-order chi connectivity index (χ1) is 30.0. The van der Waals surface area contributed by atoms with Crippen molar-refractivity contribution in [1.82, 2.24) is 5.32 Å². The summed E-state index contributed by atoms with van der Waals surface area (Å²) < 4.78 is 23.4. The minimum atomic E-state index is -4.58. The van der Waals surface area contributed by atoms with Crippen molar-refractivity contribution in [3.63, 3.8) is 0 Å². The predicted molar refractivity (Wildman–Crippen MR) is 265 cm³/mol. The van der Waals surface area contributed by atoms with Gasteiger partial charge in [0.25, 0.3) is 7.82 Å². The number of nitrogens with one attached hydrogen (secondary N) is 1. The summed E-state index contributed by atoms with van der Waals surface area (Å²) in [6.45, 7) is 4.61. The van der Waals surface area contributed by atoms with Gasteiger partial charge >= 0.3 is 0 Å². The highest BCUT2D eigenvalue weighted by Gasteiger charge is 2.24. The Morgan fingerprint density at radius 2 is 0.984 bits per heavy atom. The van der Waals surface area contributed by atoms with E-state index in [1.165, 1.54) is 128 Å². The Kier molecular flexibility index (Phi) is 43.5. The summed E-state index contributed by atoms with van der Waals surface area (Å²) in [5, 5.41) is 14.0. The number of unbranched alkanes of at least 4 members (excludes halogenated alkanes) is 26. The number of hydrogen-bond acceptors (Lipinski definition) is 6. The number of phosphoric ester groups is 1. The Hall–Kier alpha value is -1.54. The maximum Gasteiger partial charge on any atom is 0.268 e. The number of aliphatic hydroxyl groups is 1. The summed E-state index contributed by atoms with van der Waals surface area (Å²) in [5.74, 6) is -0.178. The van der Waals surface area contributed by atoms with Crippen LogP contribution in [0.4, 0.5) is 0 Å². The third kappa shape index (κ3) is 46.5.